The van der Waals surface area contributed by atoms with E-state index in [2.05, 4.69) is 19.9 Å². The van der Waals surface area contributed by atoms with Gasteiger partial charge in [0, 0.05) is 17.0 Å². The van der Waals surface area contributed by atoms with Gasteiger partial charge in [0.2, 0.25) is 5.88 Å². The smallest absolute Gasteiger partial charge is 0.254 e. The van der Waals surface area contributed by atoms with Crippen LogP contribution in [0.1, 0.15) is 23.7 Å². The predicted molar refractivity (Wildman–Crippen MR) is 103 cm³/mol. The standard InChI is InChI=1S/C19H20N4O3S/c1-3-15(21-19(24)14-10-20-27-12-14)11-26-18-9-8-17(22-23-18)13-4-6-16(25-2)7-5-13/h4-10,12,15H,3,11H2,1-2H3,(H,21,24)/t15-/m0/s1. The fraction of sp³-hybridized carbons (Fsp3) is 0.263. The summed E-state index contributed by atoms with van der Waals surface area (Å²) in [6.07, 6.45) is 2.29. The van der Waals surface area contributed by atoms with Gasteiger partial charge in [0.05, 0.1) is 30.6 Å². The molecule has 0 spiro atoms. The Kier molecular flexibility index (Phi) is 6.32. The Hall–Kier alpha value is -3.00. The third kappa shape index (κ3) is 5.01. The summed E-state index contributed by atoms with van der Waals surface area (Å²) in [5.41, 5.74) is 2.25. The third-order valence-electron chi connectivity index (χ3n) is 3.98. The molecular formula is C19H20N4O3S. The van der Waals surface area contributed by atoms with E-state index in [9.17, 15) is 4.79 Å². The van der Waals surface area contributed by atoms with E-state index in [-0.39, 0.29) is 11.9 Å². The first kappa shape index (κ1) is 18.8. The zero-order valence-electron chi connectivity index (χ0n) is 15.1. The van der Waals surface area contributed by atoms with E-state index in [1.807, 2.05) is 37.3 Å². The van der Waals surface area contributed by atoms with Crippen LogP contribution in [0.5, 0.6) is 11.6 Å². The minimum atomic E-state index is -0.153. The normalized spacial score (nSPS) is 11.6. The maximum atomic E-state index is 12.1. The largest absolute Gasteiger partial charge is 0.497 e. The van der Waals surface area contributed by atoms with Gasteiger partial charge in [0.25, 0.3) is 5.91 Å². The van der Waals surface area contributed by atoms with Crippen LogP contribution in [-0.2, 0) is 0 Å². The van der Waals surface area contributed by atoms with Crippen molar-refractivity contribution in [2.45, 2.75) is 19.4 Å². The van der Waals surface area contributed by atoms with Gasteiger partial charge in [-0.25, -0.2) is 4.37 Å². The van der Waals surface area contributed by atoms with Crippen LogP contribution in [-0.4, -0.2) is 40.2 Å². The molecule has 0 unspecified atom stereocenters. The van der Waals surface area contributed by atoms with E-state index in [1.54, 1.807) is 24.8 Å². The van der Waals surface area contributed by atoms with Crippen LogP contribution in [0.15, 0.2) is 48.0 Å². The molecule has 0 saturated carbocycles. The second kappa shape index (κ2) is 9.09. The van der Waals surface area contributed by atoms with Crippen LogP contribution in [0.3, 0.4) is 0 Å². The van der Waals surface area contributed by atoms with Crippen molar-refractivity contribution < 1.29 is 14.3 Å². The highest BCUT2D eigenvalue weighted by atomic mass is 32.1. The molecular weight excluding hydrogens is 364 g/mol. The first-order chi connectivity index (χ1) is 13.2. The molecule has 0 fully saturated rings. The summed E-state index contributed by atoms with van der Waals surface area (Å²) in [5.74, 6) is 1.05. The Bertz CT molecular complexity index is 852. The van der Waals surface area contributed by atoms with Crippen LogP contribution >= 0.6 is 11.5 Å². The van der Waals surface area contributed by atoms with E-state index >= 15 is 0 Å². The number of benzene rings is 1. The predicted octanol–water partition coefficient (Wildman–Crippen LogP) is 3.20. The van der Waals surface area contributed by atoms with Crippen LogP contribution < -0.4 is 14.8 Å². The molecule has 1 aromatic carbocycles. The Morgan fingerprint density at radius 2 is 2.00 bits per heavy atom. The fourth-order valence-electron chi connectivity index (χ4n) is 2.35. The molecule has 0 aliphatic rings. The molecule has 3 rings (SSSR count). The van der Waals surface area contributed by atoms with Crippen molar-refractivity contribution in [1.29, 1.82) is 0 Å². The maximum Gasteiger partial charge on any atom is 0.254 e. The summed E-state index contributed by atoms with van der Waals surface area (Å²) in [6, 6.07) is 11.1. The monoisotopic (exact) mass is 384 g/mol. The molecule has 2 heterocycles. The summed E-state index contributed by atoms with van der Waals surface area (Å²) < 4.78 is 14.8. The molecule has 140 valence electrons. The minimum absolute atomic E-state index is 0.125. The number of carbonyl (C=O) groups excluding carboxylic acids is 1. The van der Waals surface area contributed by atoms with Gasteiger partial charge < -0.3 is 14.8 Å². The van der Waals surface area contributed by atoms with Gasteiger partial charge in [-0.05, 0) is 48.3 Å². The zero-order chi connectivity index (χ0) is 19.1. The topological polar surface area (TPSA) is 86.2 Å². The molecule has 7 nitrogen and oxygen atoms in total. The average Bonchev–Trinajstić information content (AvgIpc) is 3.26. The number of nitrogens with one attached hydrogen (secondary N) is 1. The quantitative estimate of drug-likeness (QED) is 0.642. The lowest BCUT2D eigenvalue weighted by Gasteiger charge is -2.16. The summed E-state index contributed by atoms with van der Waals surface area (Å²) in [5, 5.41) is 13.0. The van der Waals surface area contributed by atoms with Crippen molar-refractivity contribution in [1.82, 2.24) is 19.9 Å². The van der Waals surface area contributed by atoms with Gasteiger partial charge in [-0.3, -0.25) is 4.79 Å². The number of aromatic nitrogens is 3. The first-order valence-electron chi connectivity index (χ1n) is 8.50. The van der Waals surface area contributed by atoms with Gasteiger partial charge in [0.15, 0.2) is 0 Å². The number of hydrogen-bond donors (Lipinski definition) is 1. The number of methoxy groups -OCH3 is 1. The lowest BCUT2D eigenvalue weighted by atomic mass is 10.1. The minimum Gasteiger partial charge on any atom is -0.497 e. The Balaban J connectivity index is 1.56. The van der Waals surface area contributed by atoms with Crippen LogP contribution in [0, 0.1) is 0 Å². The van der Waals surface area contributed by atoms with Crippen molar-refractivity contribution in [3.63, 3.8) is 0 Å². The van der Waals surface area contributed by atoms with Crippen molar-refractivity contribution >= 4 is 17.4 Å². The highest BCUT2D eigenvalue weighted by Crippen LogP contribution is 2.21. The van der Waals surface area contributed by atoms with E-state index in [4.69, 9.17) is 9.47 Å². The molecule has 1 amide bonds. The molecule has 2 aromatic heterocycles. The molecule has 0 aliphatic carbocycles. The van der Waals surface area contributed by atoms with E-state index in [0.29, 0.717) is 18.1 Å². The summed E-state index contributed by atoms with van der Waals surface area (Å²) >= 11 is 1.25. The summed E-state index contributed by atoms with van der Waals surface area (Å²) in [6.45, 7) is 2.30. The van der Waals surface area contributed by atoms with Crippen LogP contribution in [0.25, 0.3) is 11.3 Å². The van der Waals surface area contributed by atoms with Gasteiger partial charge in [-0.15, -0.1) is 10.2 Å². The van der Waals surface area contributed by atoms with Gasteiger partial charge in [-0.2, -0.15) is 0 Å². The molecule has 1 N–H and O–H groups in total. The van der Waals surface area contributed by atoms with Gasteiger partial charge in [-0.1, -0.05) is 6.92 Å². The Labute approximate surface area is 161 Å². The SMILES string of the molecule is CC[C@@H](COc1ccc(-c2ccc(OC)cc2)nn1)NC(=O)c1cnsc1. The van der Waals surface area contributed by atoms with E-state index in [0.717, 1.165) is 23.4 Å². The Morgan fingerprint density at radius 3 is 2.59 bits per heavy atom. The molecule has 0 bridgehead atoms. The lowest BCUT2D eigenvalue weighted by molar-refractivity contribution is 0.0919. The molecule has 0 aliphatic heterocycles. The van der Waals surface area contributed by atoms with E-state index < -0.39 is 0 Å². The number of amides is 1. The second-order valence-corrected chi connectivity index (χ2v) is 6.45. The third-order valence-corrected chi connectivity index (χ3v) is 4.57. The van der Waals surface area contributed by atoms with Gasteiger partial charge in [0.1, 0.15) is 12.4 Å². The zero-order valence-corrected chi connectivity index (χ0v) is 15.9. The fourth-order valence-corrected chi connectivity index (χ4v) is 2.86. The summed E-state index contributed by atoms with van der Waals surface area (Å²) in [7, 11) is 1.63. The number of hydrogen-bond acceptors (Lipinski definition) is 7. The first-order valence-corrected chi connectivity index (χ1v) is 9.34. The average molecular weight is 384 g/mol. The molecule has 8 heteroatoms. The van der Waals surface area contributed by atoms with Crippen LogP contribution in [0.4, 0.5) is 0 Å². The molecule has 1 atom stereocenters. The highest BCUT2D eigenvalue weighted by Gasteiger charge is 2.14. The number of carbonyl (C=O) groups is 1. The van der Waals surface area contributed by atoms with Gasteiger partial charge >= 0.3 is 0 Å². The lowest BCUT2D eigenvalue weighted by Crippen LogP contribution is -2.38. The molecule has 3 aromatic rings. The second-order valence-electron chi connectivity index (χ2n) is 5.79. The summed E-state index contributed by atoms with van der Waals surface area (Å²) in [4.78, 5) is 12.1. The molecule has 27 heavy (non-hydrogen) atoms. The number of ether oxygens (including phenoxy) is 2. The van der Waals surface area contributed by atoms with Crippen molar-refractivity contribution in [2.75, 3.05) is 13.7 Å². The van der Waals surface area contributed by atoms with Crippen molar-refractivity contribution in [3.05, 3.63) is 53.5 Å². The van der Waals surface area contributed by atoms with E-state index in [1.165, 1.54) is 11.5 Å². The number of nitrogens with zero attached hydrogens (tertiary/aromatic N) is 3. The highest BCUT2D eigenvalue weighted by molar-refractivity contribution is 7.03. The van der Waals surface area contributed by atoms with Crippen molar-refractivity contribution in [2.24, 2.45) is 0 Å². The van der Waals surface area contributed by atoms with Crippen LogP contribution in [0.2, 0.25) is 0 Å². The Morgan fingerprint density at radius 1 is 1.19 bits per heavy atom. The number of rotatable bonds is 8. The van der Waals surface area contributed by atoms with Crippen molar-refractivity contribution in [3.8, 4) is 22.9 Å². The molecule has 0 saturated heterocycles. The molecule has 0 radical (unpaired) electrons. The maximum absolute atomic E-state index is 12.1.